The van der Waals surface area contributed by atoms with Crippen LogP contribution in [0.15, 0.2) is 114 Å². The first kappa shape index (κ1) is 31.8. The fourth-order valence-corrected chi connectivity index (χ4v) is 8.88. The molecule has 0 N–H and O–H groups in total. The molecule has 0 radical (unpaired) electrons. The maximum atomic E-state index is 6.27. The highest BCUT2D eigenvalue weighted by molar-refractivity contribution is 6.71. The van der Waals surface area contributed by atoms with Crippen molar-refractivity contribution < 1.29 is 4.42 Å². The lowest BCUT2D eigenvalue weighted by Crippen LogP contribution is -2.50. The average molecular weight is 641 g/mol. The second-order valence-electron chi connectivity index (χ2n) is 14.7. The molecule has 0 unspecified atom stereocenters. The van der Waals surface area contributed by atoms with E-state index in [4.69, 9.17) is 4.42 Å². The zero-order valence-electron chi connectivity index (χ0n) is 30.8. The minimum Gasteiger partial charge on any atom is -0.456 e. The molecule has 1 heterocycles. The molecule has 0 amide bonds. The Morgan fingerprint density at radius 1 is 0.333 bits per heavy atom. The fraction of sp³-hybridized carbons (Fsp3) is 0. The average Bonchev–Trinajstić information content (AvgIpc) is 3.55. The van der Waals surface area contributed by atoms with Crippen molar-refractivity contribution in [3.8, 4) is 33.4 Å². The topological polar surface area (TPSA) is 13.1 Å². The molecule has 9 rings (SSSR count). The number of furan rings is 1. The Hall–Kier alpha value is -5.14. The van der Waals surface area contributed by atoms with Crippen molar-refractivity contribution in [3.05, 3.63) is 109 Å². The van der Waals surface area contributed by atoms with Crippen LogP contribution >= 0.6 is 0 Å². The highest BCUT2D eigenvalue weighted by Gasteiger charge is 2.25. The number of benzene rings is 8. The molecule has 8 aromatic carbocycles. The molecule has 0 spiro atoms. The molecule has 51 heavy (non-hydrogen) atoms. The van der Waals surface area contributed by atoms with Gasteiger partial charge in [-0.3, -0.25) is 0 Å². The largest absolute Gasteiger partial charge is 0.456 e. The van der Waals surface area contributed by atoms with Crippen LogP contribution in [0.1, 0.15) is 0 Å². The predicted molar refractivity (Wildman–Crippen MR) is 248 cm³/mol. The van der Waals surface area contributed by atoms with E-state index < -0.39 is 0 Å². The van der Waals surface area contributed by atoms with Gasteiger partial charge in [0.05, 0.1) is 0 Å². The van der Waals surface area contributed by atoms with Crippen LogP contribution in [0.25, 0.3) is 87.6 Å². The van der Waals surface area contributed by atoms with Crippen LogP contribution in [0.4, 0.5) is 0 Å². The minimum atomic E-state index is 0.924. The second kappa shape index (κ2) is 11.7. The van der Waals surface area contributed by atoms with Gasteiger partial charge in [-0.15, -0.1) is 21.9 Å². The van der Waals surface area contributed by atoms with Gasteiger partial charge in [0.2, 0.25) is 0 Å². The van der Waals surface area contributed by atoms with E-state index >= 15 is 0 Å². The van der Waals surface area contributed by atoms with E-state index in [0.29, 0.717) is 0 Å². The maximum Gasteiger partial charge on any atom is 0.139 e. The van der Waals surface area contributed by atoms with Crippen LogP contribution < -0.4 is 43.7 Å². The highest BCUT2D eigenvalue weighted by Crippen LogP contribution is 2.42. The summed E-state index contributed by atoms with van der Waals surface area (Å²) < 4.78 is 6.27. The van der Waals surface area contributed by atoms with Gasteiger partial charge in [-0.25, -0.2) is 0 Å². The van der Waals surface area contributed by atoms with E-state index in [1.807, 2.05) is 6.07 Å². The maximum absolute atomic E-state index is 6.27. The monoisotopic (exact) mass is 642 g/mol. The molecular formula is C42H34B8O. The Kier molecular flexibility index (Phi) is 7.30. The van der Waals surface area contributed by atoms with Gasteiger partial charge in [0.1, 0.15) is 73.9 Å². The van der Waals surface area contributed by atoms with Gasteiger partial charge < -0.3 is 4.42 Å². The molecule has 232 valence electrons. The lowest BCUT2D eigenvalue weighted by Gasteiger charge is -2.28. The Balaban J connectivity index is 1.41. The summed E-state index contributed by atoms with van der Waals surface area (Å²) in [6, 6.07) is 39.9. The summed E-state index contributed by atoms with van der Waals surface area (Å²) in [7, 11) is 18.6. The van der Waals surface area contributed by atoms with E-state index in [2.05, 4.69) is 166 Å². The van der Waals surface area contributed by atoms with E-state index in [0.717, 1.165) is 16.6 Å². The first-order valence-corrected chi connectivity index (χ1v) is 18.1. The Labute approximate surface area is 306 Å². The summed E-state index contributed by atoms with van der Waals surface area (Å²) in [4.78, 5) is 0. The summed E-state index contributed by atoms with van der Waals surface area (Å²) in [5.41, 5.74) is 20.4. The van der Waals surface area contributed by atoms with Crippen molar-refractivity contribution in [3.63, 3.8) is 0 Å². The van der Waals surface area contributed by atoms with Crippen LogP contribution in [0.5, 0.6) is 0 Å². The van der Waals surface area contributed by atoms with Gasteiger partial charge in [0, 0.05) is 10.8 Å². The van der Waals surface area contributed by atoms with E-state index in [9.17, 15) is 0 Å². The van der Waals surface area contributed by atoms with E-state index in [1.54, 1.807) is 0 Å². The summed E-state index contributed by atoms with van der Waals surface area (Å²) in [6.07, 6.45) is 0. The molecule has 0 fully saturated rings. The van der Waals surface area contributed by atoms with Crippen molar-refractivity contribution in [2.24, 2.45) is 0 Å². The smallest absolute Gasteiger partial charge is 0.139 e. The molecule has 0 aliphatic heterocycles. The first-order chi connectivity index (χ1) is 24.7. The minimum absolute atomic E-state index is 0.924. The van der Waals surface area contributed by atoms with Gasteiger partial charge in [-0.1, -0.05) is 113 Å². The van der Waals surface area contributed by atoms with Gasteiger partial charge in [0.15, 0.2) is 0 Å². The standard InChI is InChI=1S/C42H34B8O/c43-35-31-28(21-15-13-20(14-16-21)24-9-5-11-27-30(24)25-8-3-4-10-26(25)51-27)32-34(38(46)42(50)40(48)36(32)44)29(33(31)37(45)41(49)39(35)47)23-17-12-19-6-1-2-7-22(19)18-23/h1-18H,43-50H2. The molecule has 0 bridgehead atoms. The molecular weight excluding hydrogens is 607 g/mol. The van der Waals surface area contributed by atoms with Crippen LogP contribution in [0, 0.1) is 0 Å². The highest BCUT2D eigenvalue weighted by atomic mass is 16.3. The third kappa shape index (κ3) is 4.60. The van der Waals surface area contributed by atoms with Crippen molar-refractivity contribution in [2.75, 3.05) is 0 Å². The summed E-state index contributed by atoms with van der Waals surface area (Å²) in [6.45, 7) is 0. The number of hydrogen-bond acceptors (Lipinski definition) is 1. The van der Waals surface area contributed by atoms with Crippen molar-refractivity contribution in [2.45, 2.75) is 0 Å². The van der Waals surface area contributed by atoms with Gasteiger partial charge in [-0.2, -0.15) is 0 Å². The molecule has 0 aliphatic rings. The lowest BCUT2D eigenvalue weighted by molar-refractivity contribution is 0.669. The Bertz CT molecular complexity index is 2860. The zero-order valence-corrected chi connectivity index (χ0v) is 30.8. The van der Waals surface area contributed by atoms with Crippen molar-refractivity contribution >= 4 is 161 Å². The zero-order chi connectivity index (χ0) is 35.3. The van der Waals surface area contributed by atoms with Crippen LogP contribution in [-0.4, -0.2) is 62.8 Å². The predicted octanol–water partition coefficient (Wildman–Crippen LogP) is -1.89. The Morgan fingerprint density at radius 2 is 0.804 bits per heavy atom. The third-order valence-electron chi connectivity index (χ3n) is 12.3. The van der Waals surface area contributed by atoms with Crippen molar-refractivity contribution in [1.82, 2.24) is 0 Å². The van der Waals surface area contributed by atoms with Crippen LogP contribution in [-0.2, 0) is 0 Å². The van der Waals surface area contributed by atoms with Gasteiger partial charge in [-0.05, 0) is 83.9 Å². The number of fused-ring (bicyclic) bond motifs is 6. The summed E-state index contributed by atoms with van der Waals surface area (Å²) in [5.74, 6) is 0. The van der Waals surface area contributed by atoms with E-state index in [-0.39, 0.29) is 0 Å². The molecule has 0 atom stereocenters. The van der Waals surface area contributed by atoms with Crippen LogP contribution in [0.3, 0.4) is 0 Å². The van der Waals surface area contributed by atoms with Gasteiger partial charge in [0.25, 0.3) is 0 Å². The molecule has 1 aromatic heterocycles. The Morgan fingerprint density at radius 3 is 1.41 bits per heavy atom. The first-order valence-electron chi connectivity index (χ1n) is 18.1. The molecule has 9 aromatic rings. The molecule has 9 heteroatoms. The van der Waals surface area contributed by atoms with Crippen molar-refractivity contribution in [1.29, 1.82) is 0 Å². The van der Waals surface area contributed by atoms with Crippen LogP contribution in [0.2, 0.25) is 0 Å². The fourth-order valence-electron chi connectivity index (χ4n) is 8.88. The van der Waals surface area contributed by atoms with Gasteiger partial charge >= 0.3 is 0 Å². The van der Waals surface area contributed by atoms with E-state index in [1.165, 1.54) is 115 Å². The quantitative estimate of drug-likeness (QED) is 0.163. The summed E-state index contributed by atoms with van der Waals surface area (Å²) >= 11 is 0. The molecule has 0 aliphatic carbocycles. The SMILES string of the molecule is Bc1c(B)c(B)c2c(-c3ccc4ccccc4c3)c3c(B)c(B)c(B)c(B)c3c(-c3ccc(-c4cccc5oc6ccccc6c45)cc3)c2c1B. The normalized spacial score (nSPS) is 11.8. The summed E-state index contributed by atoms with van der Waals surface area (Å²) in [5, 5.41) is 10.4. The lowest BCUT2D eigenvalue weighted by atomic mass is 9.59. The molecule has 0 saturated heterocycles. The number of rotatable bonds is 3. The number of para-hydroxylation sites is 1. The number of hydrogen-bond donors (Lipinski definition) is 0. The molecule has 0 saturated carbocycles. The second-order valence-corrected chi connectivity index (χ2v) is 14.7. The molecule has 1 nitrogen and oxygen atoms in total. The third-order valence-corrected chi connectivity index (χ3v) is 12.3.